The molecule has 0 aliphatic carbocycles. The lowest BCUT2D eigenvalue weighted by atomic mass is 10.1. The number of aromatic nitrogens is 3. The van der Waals surface area contributed by atoms with Gasteiger partial charge in [-0.05, 0) is 30.2 Å². The van der Waals surface area contributed by atoms with E-state index in [2.05, 4.69) is 37.7 Å². The Hall–Kier alpha value is -4.18. The highest BCUT2D eigenvalue weighted by atomic mass is 16.1. The quantitative estimate of drug-likeness (QED) is 0.471. The molecule has 1 amide bonds. The fourth-order valence-electron chi connectivity index (χ4n) is 3.08. The van der Waals surface area contributed by atoms with Crippen molar-refractivity contribution in [2.24, 2.45) is 0 Å². The van der Waals surface area contributed by atoms with E-state index in [9.17, 15) is 4.79 Å². The highest BCUT2D eigenvalue weighted by Gasteiger charge is 2.11. The van der Waals surface area contributed by atoms with Gasteiger partial charge in [0.05, 0.1) is 23.6 Å². The molecular formula is C22H18N6O. The van der Waals surface area contributed by atoms with E-state index in [4.69, 9.17) is 5.26 Å². The van der Waals surface area contributed by atoms with Gasteiger partial charge in [0, 0.05) is 23.6 Å². The number of nitrogens with zero attached hydrogens (tertiary/aromatic N) is 3. The highest BCUT2D eigenvalue weighted by molar-refractivity contribution is 6.03. The van der Waals surface area contributed by atoms with Gasteiger partial charge in [-0.3, -0.25) is 4.79 Å². The Kier molecular flexibility index (Phi) is 5.16. The number of amides is 1. The Bertz CT molecular complexity index is 1190. The maximum absolute atomic E-state index is 12.3. The van der Waals surface area contributed by atoms with Crippen molar-refractivity contribution in [1.29, 1.82) is 5.26 Å². The number of carbonyl (C=O) groups is 1. The summed E-state index contributed by atoms with van der Waals surface area (Å²) in [6.45, 7) is 0.692. The first-order valence-corrected chi connectivity index (χ1v) is 9.16. The molecule has 0 atom stereocenters. The van der Waals surface area contributed by atoms with Gasteiger partial charge in [0.2, 0.25) is 0 Å². The number of fused-ring (bicyclic) bond motifs is 1. The van der Waals surface area contributed by atoms with E-state index in [1.807, 2.05) is 24.4 Å². The van der Waals surface area contributed by atoms with Crippen LogP contribution in [0.2, 0.25) is 0 Å². The molecule has 0 aliphatic heterocycles. The van der Waals surface area contributed by atoms with Crippen LogP contribution < -0.4 is 10.6 Å². The number of rotatable bonds is 6. The second-order valence-electron chi connectivity index (χ2n) is 6.43. The molecule has 4 rings (SSSR count). The Balaban J connectivity index is 1.35. The maximum Gasteiger partial charge on any atom is 0.275 e. The minimum absolute atomic E-state index is 0.180. The molecule has 29 heavy (non-hydrogen) atoms. The topological polar surface area (TPSA) is 106 Å². The van der Waals surface area contributed by atoms with Crippen LogP contribution in [-0.4, -0.2) is 27.4 Å². The molecule has 3 N–H and O–H groups in total. The Morgan fingerprint density at radius 1 is 1.07 bits per heavy atom. The number of H-pyrrole nitrogens is 1. The Morgan fingerprint density at radius 3 is 2.72 bits per heavy atom. The Labute approximate surface area is 167 Å². The predicted molar refractivity (Wildman–Crippen MR) is 112 cm³/mol. The van der Waals surface area contributed by atoms with Crippen LogP contribution in [0.25, 0.3) is 10.9 Å². The molecule has 0 radical (unpaired) electrons. The van der Waals surface area contributed by atoms with Gasteiger partial charge in [0.15, 0.2) is 0 Å². The van der Waals surface area contributed by atoms with E-state index in [0.29, 0.717) is 23.6 Å². The average molecular weight is 382 g/mol. The van der Waals surface area contributed by atoms with Crippen molar-refractivity contribution in [3.8, 4) is 6.07 Å². The average Bonchev–Trinajstić information content (AvgIpc) is 3.18. The standard InChI is InChI=1S/C22H18N6O/c23-11-15-5-1-3-7-18(15)28-22(29)20-13-27-21(14-26-20)24-10-9-16-12-25-19-8-4-2-6-17(16)19/h1-8,12-14,25H,9-10H2,(H,24,27)(H,28,29). The van der Waals surface area contributed by atoms with E-state index in [1.165, 1.54) is 23.3 Å². The summed E-state index contributed by atoms with van der Waals surface area (Å²) in [5.41, 5.74) is 3.37. The lowest BCUT2D eigenvalue weighted by Crippen LogP contribution is -2.15. The summed E-state index contributed by atoms with van der Waals surface area (Å²) in [6, 6.07) is 17.0. The van der Waals surface area contributed by atoms with Crippen LogP contribution in [0, 0.1) is 11.3 Å². The Morgan fingerprint density at radius 2 is 1.90 bits per heavy atom. The number of hydrogen-bond acceptors (Lipinski definition) is 5. The van der Waals surface area contributed by atoms with Gasteiger partial charge < -0.3 is 15.6 Å². The van der Waals surface area contributed by atoms with Crippen molar-refractivity contribution >= 4 is 28.3 Å². The molecule has 7 nitrogen and oxygen atoms in total. The molecular weight excluding hydrogens is 364 g/mol. The molecule has 2 aromatic heterocycles. The maximum atomic E-state index is 12.3. The van der Waals surface area contributed by atoms with Gasteiger partial charge in [-0.2, -0.15) is 5.26 Å². The smallest absolute Gasteiger partial charge is 0.275 e. The third-order valence-corrected chi connectivity index (χ3v) is 4.56. The van der Waals surface area contributed by atoms with Gasteiger partial charge in [-0.15, -0.1) is 0 Å². The number of carbonyl (C=O) groups excluding carboxylic acids is 1. The molecule has 0 saturated heterocycles. The van der Waals surface area contributed by atoms with Gasteiger partial charge in [-0.25, -0.2) is 9.97 Å². The van der Waals surface area contributed by atoms with E-state index < -0.39 is 5.91 Å². The third kappa shape index (κ3) is 4.06. The largest absolute Gasteiger partial charge is 0.368 e. The first-order chi connectivity index (χ1) is 14.2. The lowest BCUT2D eigenvalue weighted by Gasteiger charge is -2.07. The molecule has 0 spiro atoms. The van der Waals surface area contributed by atoms with Crippen LogP contribution >= 0.6 is 0 Å². The van der Waals surface area contributed by atoms with Gasteiger partial charge in [0.25, 0.3) is 5.91 Å². The minimum Gasteiger partial charge on any atom is -0.368 e. The van der Waals surface area contributed by atoms with Crippen molar-refractivity contribution in [2.75, 3.05) is 17.2 Å². The number of hydrogen-bond donors (Lipinski definition) is 3. The minimum atomic E-state index is -0.412. The molecule has 0 saturated carbocycles. The number of aromatic amines is 1. The molecule has 0 bridgehead atoms. The summed E-state index contributed by atoms with van der Waals surface area (Å²) in [5, 5.41) is 16.2. The van der Waals surface area contributed by atoms with E-state index in [-0.39, 0.29) is 5.69 Å². The number of benzene rings is 2. The normalized spacial score (nSPS) is 10.4. The molecule has 0 aliphatic rings. The molecule has 0 fully saturated rings. The first-order valence-electron chi connectivity index (χ1n) is 9.16. The summed E-state index contributed by atoms with van der Waals surface area (Å²) in [5.74, 6) is 0.185. The van der Waals surface area contributed by atoms with E-state index >= 15 is 0 Å². The van der Waals surface area contributed by atoms with Crippen LogP contribution in [0.1, 0.15) is 21.6 Å². The van der Waals surface area contributed by atoms with E-state index in [0.717, 1.165) is 11.9 Å². The lowest BCUT2D eigenvalue weighted by molar-refractivity contribution is 0.102. The van der Waals surface area contributed by atoms with Crippen molar-refractivity contribution in [2.45, 2.75) is 6.42 Å². The third-order valence-electron chi connectivity index (χ3n) is 4.56. The molecule has 142 valence electrons. The van der Waals surface area contributed by atoms with Crippen molar-refractivity contribution < 1.29 is 4.79 Å². The van der Waals surface area contributed by atoms with Crippen LogP contribution in [0.5, 0.6) is 0 Å². The van der Waals surface area contributed by atoms with Crippen molar-refractivity contribution in [3.05, 3.63) is 83.9 Å². The summed E-state index contributed by atoms with van der Waals surface area (Å²) >= 11 is 0. The summed E-state index contributed by atoms with van der Waals surface area (Å²) in [6.07, 6.45) is 5.79. The van der Waals surface area contributed by atoms with Crippen LogP contribution in [0.3, 0.4) is 0 Å². The molecule has 7 heteroatoms. The highest BCUT2D eigenvalue weighted by Crippen LogP contribution is 2.18. The van der Waals surface area contributed by atoms with Gasteiger partial charge >= 0.3 is 0 Å². The monoisotopic (exact) mass is 382 g/mol. The van der Waals surface area contributed by atoms with Gasteiger partial charge in [-0.1, -0.05) is 30.3 Å². The summed E-state index contributed by atoms with van der Waals surface area (Å²) in [7, 11) is 0. The van der Waals surface area contributed by atoms with Crippen molar-refractivity contribution in [3.63, 3.8) is 0 Å². The van der Waals surface area contributed by atoms with Crippen LogP contribution in [0.4, 0.5) is 11.5 Å². The molecule has 0 unspecified atom stereocenters. The molecule has 4 aromatic rings. The van der Waals surface area contributed by atoms with E-state index in [1.54, 1.807) is 24.3 Å². The number of anilines is 2. The number of nitrogens with one attached hydrogen (secondary N) is 3. The fraction of sp³-hybridized carbons (Fsp3) is 0.0909. The first kappa shape index (κ1) is 18.2. The molecule has 2 aromatic carbocycles. The fourth-order valence-corrected chi connectivity index (χ4v) is 3.08. The van der Waals surface area contributed by atoms with Crippen LogP contribution in [-0.2, 0) is 6.42 Å². The van der Waals surface area contributed by atoms with Gasteiger partial charge in [0.1, 0.15) is 17.6 Å². The zero-order valence-corrected chi connectivity index (χ0v) is 15.5. The summed E-state index contributed by atoms with van der Waals surface area (Å²) in [4.78, 5) is 24.0. The number of nitriles is 1. The summed E-state index contributed by atoms with van der Waals surface area (Å²) < 4.78 is 0. The predicted octanol–water partition coefficient (Wildman–Crippen LogP) is 3.74. The van der Waals surface area contributed by atoms with Crippen LogP contribution in [0.15, 0.2) is 67.1 Å². The second-order valence-corrected chi connectivity index (χ2v) is 6.43. The second kappa shape index (κ2) is 8.23. The SMILES string of the molecule is N#Cc1ccccc1NC(=O)c1cnc(NCCc2c[nH]c3ccccc23)cn1. The number of para-hydroxylation sites is 2. The zero-order valence-electron chi connectivity index (χ0n) is 15.5. The molecule has 2 heterocycles. The zero-order chi connectivity index (χ0) is 20.1. The van der Waals surface area contributed by atoms with Crippen molar-refractivity contribution in [1.82, 2.24) is 15.0 Å².